The van der Waals surface area contributed by atoms with E-state index >= 15 is 0 Å². The first-order valence-electron chi connectivity index (χ1n) is 5.67. The average molecular weight is 276 g/mol. The molecule has 18 heavy (non-hydrogen) atoms. The van der Waals surface area contributed by atoms with Crippen LogP contribution in [0.3, 0.4) is 0 Å². The summed E-state index contributed by atoms with van der Waals surface area (Å²) in [6, 6.07) is 0.922. The molecule has 1 unspecified atom stereocenters. The van der Waals surface area contributed by atoms with E-state index in [4.69, 9.17) is 5.11 Å². The Labute approximate surface area is 106 Å². The molecule has 102 valence electrons. The van der Waals surface area contributed by atoms with Gasteiger partial charge >= 0.3 is 0 Å². The fourth-order valence-corrected chi connectivity index (χ4v) is 2.42. The fraction of sp³-hybridized carbons (Fsp3) is 0.545. The van der Waals surface area contributed by atoms with Crippen LogP contribution in [-0.2, 0) is 10.0 Å². The Morgan fingerprint density at radius 1 is 1.50 bits per heavy atom. The standard InChI is InChI=1S/C11H17FN2O3S/c1-9(8-15)3-2-4-14-18(16,17)11-5-10(12)6-13-7-11/h5-7,9,14-15H,2-4,8H2,1H3. The number of rotatable bonds is 7. The van der Waals surface area contributed by atoms with Crippen LogP contribution in [-0.4, -0.2) is 31.7 Å². The van der Waals surface area contributed by atoms with Gasteiger partial charge in [0.05, 0.1) is 6.20 Å². The van der Waals surface area contributed by atoms with Crippen LogP contribution in [0.5, 0.6) is 0 Å². The van der Waals surface area contributed by atoms with Crippen LogP contribution in [0.15, 0.2) is 23.4 Å². The number of halogens is 1. The molecule has 0 aliphatic heterocycles. The summed E-state index contributed by atoms with van der Waals surface area (Å²) in [5, 5.41) is 8.81. The summed E-state index contributed by atoms with van der Waals surface area (Å²) < 4.78 is 38.7. The van der Waals surface area contributed by atoms with Crippen LogP contribution in [0, 0.1) is 11.7 Å². The molecule has 0 aromatic carbocycles. The summed E-state index contributed by atoms with van der Waals surface area (Å²) in [5.74, 6) is -0.544. The largest absolute Gasteiger partial charge is 0.396 e. The monoisotopic (exact) mass is 276 g/mol. The highest BCUT2D eigenvalue weighted by Gasteiger charge is 2.14. The van der Waals surface area contributed by atoms with Gasteiger partial charge in [0.2, 0.25) is 10.0 Å². The van der Waals surface area contributed by atoms with Gasteiger partial charge in [-0.15, -0.1) is 0 Å². The fourth-order valence-electron chi connectivity index (χ4n) is 1.37. The van der Waals surface area contributed by atoms with E-state index in [1.807, 2.05) is 6.92 Å². The molecule has 1 aromatic rings. The summed E-state index contributed by atoms with van der Waals surface area (Å²) in [4.78, 5) is 3.31. The quantitative estimate of drug-likeness (QED) is 0.725. The highest BCUT2D eigenvalue weighted by atomic mass is 32.2. The Morgan fingerprint density at radius 2 is 2.22 bits per heavy atom. The SMILES string of the molecule is CC(CO)CCCNS(=O)(=O)c1cncc(F)c1. The van der Waals surface area contributed by atoms with E-state index in [0.717, 1.165) is 24.9 Å². The molecule has 0 aliphatic carbocycles. The van der Waals surface area contributed by atoms with E-state index in [0.29, 0.717) is 6.42 Å². The predicted octanol–water partition coefficient (Wildman–Crippen LogP) is 0.908. The first-order chi connectivity index (χ1) is 8.45. The van der Waals surface area contributed by atoms with Crippen molar-refractivity contribution in [2.75, 3.05) is 13.2 Å². The van der Waals surface area contributed by atoms with Crippen molar-refractivity contribution in [1.82, 2.24) is 9.71 Å². The number of aromatic nitrogens is 1. The van der Waals surface area contributed by atoms with Crippen molar-refractivity contribution in [3.8, 4) is 0 Å². The second-order valence-electron chi connectivity index (χ2n) is 4.17. The average Bonchev–Trinajstić information content (AvgIpc) is 2.34. The molecule has 0 bridgehead atoms. The lowest BCUT2D eigenvalue weighted by Crippen LogP contribution is -2.25. The van der Waals surface area contributed by atoms with Crippen molar-refractivity contribution in [3.05, 3.63) is 24.3 Å². The molecule has 0 radical (unpaired) electrons. The zero-order chi connectivity index (χ0) is 13.6. The van der Waals surface area contributed by atoms with E-state index < -0.39 is 15.8 Å². The number of hydrogen-bond donors (Lipinski definition) is 2. The summed E-state index contributed by atoms with van der Waals surface area (Å²) >= 11 is 0. The topological polar surface area (TPSA) is 79.3 Å². The summed E-state index contributed by atoms with van der Waals surface area (Å²) in [5.41, 5.74) is 0. The number of aliphatic hydroxyl groups is 1. The van der Waals surface area contributed by atoms with Crippen LogP contribution >= 0.6 is 0 Å². The highest BCUT2D eigenvalue weighted by molar-refractivity contribution is 7.89. The Hall–Kier alpha value is -1.05. The molecule has 0 saturated heterocycles. The van der Waals surface area contributed by atoms with Gasteiger partial charge in [0, 0.05) is 19.3 Å². The van der Waals surface area contributed by atoms with E-state index in [9.17, 15) is 12.8 Å². The van der Waals surface area contributed by atoms with Gasteiger partial charge in [0.25, 0.3) is 0 Å². The minimum absolute atomic E-state index is 0.0839. The molecule has 0 amide bonds. The third-order valence-electron chi connectivity index (χ3n) is 2.47. The summed E-state index contributed by atoms with van der Waals surface area (Å²) in [6.07, 6.45) is 3.38. The van der Waals surface area contributed by atoms with Crippen LogP contribution in [0.2, 0.25) is 0 Å². The molecule has 5 nitrogen and oxygen atoms in total. The lowest BCUT2D eigenvalue weighted by Gasteiger charge is -2.09. The number of pyridine rings is 1. The van der Waals surface area contributed by atoms with Gasteiger partial charge in [-0.3, -0.25) is 4.98 Å². The Morgan fingerprint density at radius 3 is 2.83 bits per heavy atom. The molecule has 1 rings (SSSR count). The van der Waals surface area contributed by atoms with Crippen LogP contribution in [0.4, 0.5) is 4.39 Å². The van der Waals surface area contributed by atoms with Crippen molar-refractivity contribution in [3.63, 3.8) is 0 Å². The van der Waals surface area contributed by atoms with Crippen LogP contribution in [0.1, 0.15) is 19.8 Å². The number of nitrogens with zero attached hydrogens (tertiary/aromatic N) is 1. The van der Waals surface area contributed by atoms with Gasteiger partial charge in [0.1, 0.15) is 10.7 Å². The van der Waals surface area contributed by atoms with Crippen molar-refractivity contribution < 1.29 is 17.9 Å². The minimum atomic E-state index is -3.70. The number of aliphatic hydroxyl groups excluding tert-OH is 1. The van der Waals surface area contributed by atoms with Crippen molar-refractivity contribution in [1.29, 1.82) is 0 Å². The molecule has 1 heterocycles. The van der Waals surface area contributed by atoms with Gasteiger partial charge in [-0.05, 0) is 24.8 Å². The van der Waals surface area contributed by atoms with Crippen molar-refractivity contribution in [2.45, 2.75) is 24.7 Å². The Kier molecular flexibility index (Phi) is 5.64. The number of hydrogen-bond acceptors (Lipinski definition) is 4. The lowest BCUT2D eigenvalue weighted by atomic mass is 10.1. The maximum Gasteiger partial charge on any atom is 0.242 e. The van der Waals surface area contributed by atoms with Gasteiger partial charge in [-0.25, -0.2) is 17.5 Å². The van der Waals surface area contributed by atoms with E-state index in [1.165, 1.54) is 0 Å². The third kappa shape index (κ3) is 4.67. The Balaban J connectivity index is 2.51. The summed E-state index contributed by atoms with van der Waals surface area (Å²) in [7, 11) is -3.70. The maximum absolute atomic E-state index is 12.9. The van der Waals surface area contributed by atoms with E-state index in [1.54, 1.807) is 0 Å². The Bertz CT molecular complexity index is 479. The summed E-state index contributed by atoms with van der Waals surface area (Å²) in [6.45, 7) is 2.22. The molecule has 7 heteroatoms. The molecule has 1 aromatic heterocycles. The van der Waals surface area contributed by atoms with E-state index in [2.05, 4.69) is 9.71 Å². The zero-order valence-corrected chi connectivity index (χ0v) is 11.0. The van der Waals surface area contributed by atoms with Crippen molar-refractivity contribution in [2.24, 2.45) is 5.92 Å². The van der Waals surface area contributed by atoms with Crippen LogP contribution in [0.25, 0.3) is 0 Å². The molecular weight excluding hydrogens is 259 g/mol. The molecular formula is C11H17FN2O3S. The van der Waals surface area contributed by atoms with Gasteiger partial charge in [-0.1, -0.05) is 6.92 Å². The molecule has 1 atom stereocenters. The number of nitrogens with one attached hydrogen (secondary N) is 1. The normalized spacial score (nSPS) is 13.5. The molecule has 2 N–H and O–H groups in total. The minimum Gasteiger partial charge on any atom is -0.396 e. The van der Waals surface area contributed by atoms with Gasteiger partial charge in [0.15, 0.2) is 0 Å². The lowest BCUT2D eigenvalue weighted by molar-refractivity contribution is 0.228. The second-order valence-corrected chi connectivity index (χ2v) is 5.93. The predicted molar refractivity (Wildman–Crippen MR) is 64.9 cm³/mol. The number of sulfonamides is 1. The molecule has 0 aliphatic rings. The molecule has 0 saturated carbocycles. The van der Waals surface area contributed by atoms with Gasteiger partial charge in [-0.2, -0.15) is 0 Å². The third-order valence-corrected chi connectivity index (χ3v) is 3.90. The van der Waals surface area contributed by atoms with E-state index in [-0.39, 0.29) is 24.0 Å². The molecule has 0 fully saturated rings. The first-order valence-corrected chi connectivity index (χ1v) is 7.15. The zero-order valence-electron chi connectivity index (χ0n) is 10.1. The maximum atomic E-state index is 12.9. The molecule has 0 spiro atoms. The van der Waals surface area contributed by atoms with Crippen LogP contribution < -0.4 is 4.72 Å². The highest BCUT2D eigenvalue weighted by Crippen LogP contribution is 2.09. The first kappa shape index (κ1) is 15.0. The van der Waals surface area contributed by atoms with Crippen molar-refractivity contribution >= 4 is 10.0 Å². The second kappa shape index (κ2) is 6.77. The van der Waals surface area contributed by atoms with Gasteiger partial charge < -0.3 is 5.11 Å². The smallest absolute Gasteiger partial charge is 0.242 e.